The molecule has 0 radical (unpaired) electrons. The molecule has 1 fully saturated rings. The van der Waals surface area contributed by atoms with Crippen LogP contribution in [0, 0.1) is 0 Å². The van der Waals surface area contributed by atoms with Gasteiger partial charge in [-0.05, 0) is 37.9 Å². The van der Waals surface area contributed by atoms with Crippen molar-refractivity contribution in [3.8, 4) is 0 Å². The van der Waals surface area contributed by atoms with Gasteiger partial charge in [-0.2, -0.15) is 0 Å². The van der Waals surface area contributed by atoms with Crippen LogP contribution in [0.3, 0.4) is 0 Å². The van der Waals surface area contributed by atoms with E-state index in [1.54, 1.807) is 4.68 Å². The highest BCUT2D eigenvalue weighted by molar-refractivity contribution is 5.79. The Morgan fingerprint density at radius 1 is 1.32 bits per heavy atom. The maximum Gasteiger partial charge on any atom is 0.242 e. The summed E-state index contributed by atoms with van der Waals surface area (Å²) in [5.74, 6) is 0.0181. The van der Waals surface area contributed by atoms with E-state index in [4.69, 9.17) is 0 Å². The van der Waals surface area contributed by atoms with Gasteiger partial charge in [-0.1, -0.05) is 24.3 Å². The molecule has 0 bridgehead atoms. The van der Waals surface area contributed by atoms with Gasteiger partial charge in [-0.15, -0.1) is 5.10 Å². The fraction of sp³-hybridized carbons (Fsp3) is 0.562. The molecule has 1 aromatic heterocycles. The second kappa shape index (κ2) is 6.87. The lowest BCUT2D eigenvalue weighted by atomic mass is 10.0. The first-order valence-corrected chi connectivity index (χ1v) is 8.06. The first kappa shape index (κ1) is 15.0. The van der Waals surface area contributed by atoms with E-state index in [1.807, 2.05) is 24.3 Å². The Bertz CT molecular complexity index is 630. The van der Waals surface area contributed by atoms with Crippen molar-refractivity contribution in [2.75, 3.05) is 19.6 Å². The molecule has 1 aliphatic rings. The van der Waals surface area contributed by atoms with Gasteiger partial charge in [0.1, 0.15) is 12.1 Å². The minimum absolute atomic E-state index is 0.0181. The number of hydrogen-bond donors (Lipinski definition) is 1. The van der Waals surface area contributed by atoms with Crippen molar-refractivity contribution in [3.05, 3.63) is 24.3 Å². The number of hydrogen-bond acceptors (Lipinski definition) is 4. The van der Waals surface area contributed by atoms with Crippen LogP contribution in [0.25, 0.3) is 11.0 Å². The van der Waals surface area contributed by atoms with Crippen molar-refractivity contribution >= 4 is 16.9 Å². The molecule has 0 spiro atoms. The molecule has 6 heteroatoms. The number of rotatable bonds is 5. The summed E-state index contributed by atoms with van der Waals surface area (Å²) in [5, 5.41) is 11.3. The fourth-order valence-corrected chi connectivity index (χ4v) is 3.06. The average Bonchev–Trinajstić information content (AvgIpc) is 2.93. The van der Waals surface area contributed by atoms with E-state index in [9.17, 15) is 4.79 Å². The van der Waals surface area contributed by atoms with Crippen molar-refractivity contribution in [2.45, 2.75) is 38.8 Å². The molecule has 3 rings (SSSR count). The Morgan fingerprint density at radius 2 is 2.09 bits per heavy atom. The number of amides is 1. The van der Waals surface area contributed by atoms with Gasteiger partial charge >= 0.3 is 0 Å². The molecule has 0 unspecified atom stereocenters. The number of carbonyl (C=O) groups excluding carboxylic acids is 1. The summed E-state index contributed by atoms with van der Waals surface area (Å²) < 4.78 is 1.66. The second-order valence-electron chi connectivity index (χ2n) is 5.92. The van der Waals surface area contributed by atoms with Crippen LogP contribution in [0.5, 0.6) is 0 Å². The van der Waals surface area contributed by atoms with E-state index in [0.29, 0.717) is 0 Å². The first-order chi connectivity index (χ1) is 10.8. The number of para-hydroxylation sites is 1. The van der Waals surface area contributed by atoms with E-state index < -0.39 is 0 Å². The zero-order valence-electron chi connectivity index (χ0n) is 13.0. The predicted molar refractivity (Wildman–Crippen MR) is 85.4 cm³/mol. The maximum absolute atomic E-state index is 12.2. The molecule has 1 saturated heterocycles. The predicted octanol–water partition coefficient (Wildman–Crippen LogP) is 1.42. The Labute approximate surface area is 130 Å². The number of benzene rings is 1. The summed E-state index contributed by atoms with van der Waals surface area (Å²) in [4.78, 5) is 14.7. The van der Waals surface area contributed by atoms with Crippen LogP contribution >= 0.6 is 0 Å². The molecule has 0 atom stereocenters. The summed E-state index contributed by atoms with van der Waals surface area (Å²) in [5.41, 5.74) is 1.72. The van der Waals surface area contributed by atoms with Crippen molar-refractivity contribution < 1.29 is 4.79 Å². The third-order valence-electron chi connectivity index (χ3n) is 4.21. The van der Waals surface area contributed by atoms with Gasteiger partial charge in [0, 0.05) is 19.1 Å². The number of carbonyl (C=O) groups is 1. The molecule has 0 aliphatic carbocycles. The quantitative estimate of drug-likeness (QED) is 0.907. The largest absolute Gasteiger partial charge is 0.352 e. The minimum Gasteiger partial charge on any atom is -0.352 e. The lowest BCUT2D eigenvalue weighted by molar-refractivity contribution is -0.122. The molecule has 2 heterocycles. The van der Waals surface area contributed by atoms with Crippen molar-refractivity contribution in [2.24, 2.45) is 0 Å². The zero-order chi connectivity index (χ0) is 15.4. The van der Waals surface area contributed by atoms with E-state index in [2.05, 4.69) is 27.5 Å². The molecule has 1 N–H and O–H groups in total. The van der Waals surface area contributed by atoms with Gasteiger partial charge in [0.15, 0.2) is 0 Å². The van der Waals surface area contributed by atoms with E-state index >= 15 is 0 Å². The van der Waals surface area contributed by atoms with Crippen LogP contribution in [-0.4, -0.2) is 51.5 Å². The molecule has 0 saturated carbocycles. The van der Waals surface area contributed by atoms with E-state index in [1.165, 1.54) is 6.42 Å². The Kier molecular flexibility index (Phi) is 4.68. The highest BCUT2D eigenvalue weighted by atomic mass is 16.2. The molecule has 6 nitrogen and oxygen atoms in total. The molecular formula is C16H23N5O. The summed E-state index contributed by atoms with van der Waals surface area (Å²) in [6, 6.07) is 7.98. The van der Waals surface area contributed by atoms with Crippen LogP contribution in [0.4, 0.5) is 0 Å². The molecule has 1 aliphatic heterocycles. The Hall–Kier alpha value is -1.95. The van der Waals surface area contributed by atoms with Gasteiger partial charge < -0.3 is 10.2 Å². The van der Waals surface area contributed by atoms with Gasteiger partial charge in [-0.3, -0.25) is 4.79 Å². The number of aromatic nitrogens is 3. The van der Waals surface area contributed by atoms with Crippen molar-refractivity contribution in [3.63, 3.8) is 0 Å². The zero-order valence-corrected chi connectivity index (χ0v) is 13.0. The monoisotopic (exact) mass is 301 g/mol. The molecular weight excluding hydrogens is 278 g/mol. The number of piperidine rings is 1. The summed E-state index contributed by atoms with van der Waals surface area (Å²) >= 11 is 0. The average molecular weight is 301 g/mol. The van der Waals surface area contributed by atoms with Gasteiger partial charge in [0.25, 0.3) is 0 Å². The normalized spacial score (nSPS) is 17.0. The highest BCUT2D eigenvalue weighted by Gasteiger charge is 2.20. The fourth-order valence-electron chi connectivity index (χ4n) is 3.06. The Balaban J connectivity index is 1.53. The third-order valence-corrected chi connectivity index (χ3v) is 4.21. The molecule has 1 aromatic carbocycles. The summed E-state index contributed by atoms with van der Waals surface area (Å²) in [6.07, 6.45) is 3.25. The molecule has 22 heavy (non-hydrogen) atoms. The van der Waals surface area contributed by atoms with Crippen molar-refractivity contribution in [1.82, 2.24) is 25.2 Å². The van der Waals surface area contributed by atoms with Crippen LogP contribution in [0.15, 0.2) is 24.3 Å². The standard InChI is InChI=1S/C16H23N5O/c1-2-9-20-10-7-13(8-11-20)17-16(22)12-21-15-6-4-3-5-14(15)18-19-21/h3-6,13H,2,7-12H2,1H3,(H,17,22). The van der Waals surface area contributed by atoms with Gasteiger partial charge in [0.2, 0.25) is 5.91 Å². The summed E-state index contributed by atoms with van der Waals surface area (Å²) in [6.45, 7) is 5.74. The van der Waals surface area contributed by atoms with E-state index in [-0.39, 0.29) is 18.5 Å². The van der Waals surface area contributed by atoms with Crippen molar-refractivity contribution in [1.29, 1.82) is 0 Å². The lowest BCUT2D eigenvalue weighted by Crippen LogP contribution is -2.45. The van der Waals surface area contributed by atoms with Crippen LogP contribution in [-0.2, 0) is 11.3 Å². The SMILES string of the molecule is CCCN1CCC(NC(=O)Cn2nnc3ccccc32)CC1. The lowest BCUT2D eigenvalue weighted by Gasteiger charge is -2.32. The van der Waals surface area contributed by atoms with Crippen LogP contribution < -0.4 is 5.32 Å². The highest BCUT2D eigenvalue weighted by Crippen LogP contribution is 2.12. The number of nitrogens with one attached hydrogen (secondary N) is 1. The summed E-state index contributed by atoms with van der Waals surface area (Å²) in [7, 11) is 0. The second-order valence-corrected chi connectivity index (χ2v) is 5.92. The molecule has 1 amide bonds. The molecule has 118 valence electrons. The number of fused-ring (bicyclic) bond motifs is 1. The molecule has 2 aromatic rings. The number of likely N-dealkylation sites (tertiary alicyclic amines) is 1. The van der Waals surface area contributed by atoms with Gasteiger partial charge in [-0.25, -0.2) is 4.68 Å². The van der Waals surface area contributed by atoms with Crippen LogP contribution in [0.1, 0.15) is 26.2 Å². The van der Waals surface area contributed by atoms with E-state index in [0.717, 1.165) is 43.5 Å². The first-order valence-electron chi connectivity index (χ1n) is 8.06. The smallest absolute Gasteiger partial charge is 0.242 e. The topological polar surface area (TPSA) is 63.1 Å². The van der Waals surface area contributed by atoms with Crippen LogP contribution in [0.2, 0.25) is 0 Å². The minimum atomic E-state index is 0.0181. The van der Waals surface area contributed by atoms with Gasteiger partial charge in [0.05, 0.1) is 5.52 Å². The Morgan fingerprint density at radius 3 is 2.86 bits per heavy atom. The maximum atomic E-state index is 12.2. The third kappa shape index (κ3) is 3.44. The number of nitrogens with zero attached hydrogens (tertiary/aromatic N) is 4.